The van der Waals surface area contributed by atoms with Gasteiger partial charge < -0.3 is 20.0 Å². The maximum Gasteiger partial charge on any atom is 0.127 e. The highest BCUT2D eigenvalue weighted by molar-refractivity contribution is 5.73. The second-order valence-corrected chi connectivity index (χ2v) is 5.42. The van der Waals surface area contributed by atoms with Crippen LogP contribution in [0.25, 0.3) is 0 Å². The van der Waals surface area contributed by atoms with Gasteiger partial charge in [-0.2, -0.15) is 0 Å². The van der Waals surface area contributed by atoms with E-state index in [0.717, 1.165) is 18.8 Å². The summed E-state index contributed by atoms with van der Waals surface area (Å²) in [7, 11) is 2.13. The van der Waals surface area contributed by atoms with Gasteiger partial charge in [-0.3, -0.25) is 0 Å². The van der Waals surface area contributed by atoms with Crippen LogP contribution in [0.15, 0.2) is 47.1 Å². The Morgan fingerprint density at radius 3 is 2.50 bits per heavy atom. The van der Waals surface area contributed by atoms with Crippen LogP contribution in [0.4, 0.5) is 11.4 Å². The second kappa shape index (κ2) is 5.21. The quantitative estimate of drug-likeness (QED) is 0.932. The highest BCUT2D eigenvalue weighted by Crippen LogP contribution is 2.38. The molecule has 0 fully saturated rings. The van der Waals surface area contributed by atoms with E-state index in [2.05, 4.69) is 41.1 Å². The predicted octanol–water partition coefficient (Wildman–Crippen LogP) is 2.62. The van der Waals surface area contributed by atoms with Crippen LogP contribution in [0, 0.1) is 0 Å². The molecule has 3 rings (SSSR count). The maximum atomic E-state index is 6.24. The Hall–Kier alpha value is -1.94. The molecule has 2 aromatic rings. The second-order valence-electron chi connectivity index (χ2n) is 5.42. The fourth-order valence-corrected chi connectivity index (χ4v) is 2.97. The van der Waals surface area contributed by atoms with Crippen molar-refractivity contribution in [3.8, 4) is 0 Å². The molecule has 0 radical (unpaired) electrons. The molecule has 2 heterocycles. The van der Waals surface area contributed by atoms with Gasteiger partial charge >= 0.3 is 0 Å². The Bertz CT molecular complexity index is 565. The van der Waals surface area contributed by atoms with Crippen molar-refractivity contribution < 1.29 is 4.42 Å². The number of rotatable bonds is 3. The number of hydrogen-bond donors (Lipinski definition) is 1. The normalized spacial score (nSPS) is 17.8. The smallest absolute Gasteiger partial charge is 0.127 e. The van der Waals surface area contributed by atoms with E-state index in [1.165, 1.54) is 11.4 Å². The van der Waals surface area contributed by atoms with Gasteiger partial charge in [0.1, 0.15) is 11.8 Å². The van der Waals surface area contributed by atoms with Gasteiger partial charge in [-0.05, 0) is 31.2 Å². The Kier molecular flexibility index (Phi) is 3.40. The number of hydrogen-bond acceptors (Lipinski definition) is 4. The van der Waals surface area contributed by atoms with E-state index in [-0.39, 0.29) is 12.1 Å². The number of furan rings is 1. The molecule has 106 valence electrons. The number of fused-ring (bicyclic) bond motifs is 1. The fraction of sp³-hybridized carbons (Fsp3) is 0.375. The summed E-state index contributed by atoms with van der Waals surface area (Å²) in [5, 5.41) is 0. The molecular formula is C16H21N3O. The molecular weight excluding hydrogens is 250 g/mol. The van der Waals surface area contributed by atoms with Gasteiger partial charge in [-0.15, -0.1) is 0 Å². The summed E-state index contributed by atoms with van der Waals surface area (Å²) in [4.78, 5) is 4.64. The number of likely N-dealkylation sites (N-methyl/N-ethyl adjacent to an activating group) is 1. The summed E-state index contributed by atoms with van der Waals surface area (Å²) in [5.41, 5.74) is 8.70. The first-order chi connectivity index (χ1) is 9.68. The van der Waals surface area contributed by atoms with Crippen molar-refractivity contribution >= 4 is 11.4 Å². The zero-order chi connectivity index (χ0) is 14.1. The van der Waals surface area contributed by atoms with Gasteiger partial charge in [0, 0.05) is 26.2 Å². The van der Waals surface area contributed by atoms with Crippen molar-refractivity contribution in [3.63, 3.8) is 0 Å². The van der Waals surface area contributed by atoms with Crippen LogP contribution >= 0.6 is 0 Å². The lowest BCUT2D eigenvalue weighted by Crippen LogP contribution is -2.46. The molecule has 0 saturated heterocycles. The molecule has 0 bridgehead atoms. The summed E-state index contributed by atoms with van der Waals surface area (Å²) in [6.45, 7) is 3.97. The summed E-state index contributed by atoms with van der Waals surface area (Å²) in [5.74, 6) is 0.930. The molecule has 20 heavy (non-hydrogen) atoms. The highest BCUT2D eigenvalue weighted by Gasteiger charge is 2.31. The van der Waals surface area contributed by atoms with Crippen LogP contribution < -0.4 is 15.5 Å². The maximum absolute atomic E-state index is 6.24. The summed E-state index contributed by atoms with van der Waals surface area (Å²) in [6.07, 6.45) is 1.71. The van der Waals surface area contributed by atoms with E-state index in [0.29, 0.717) is 0 Å². The number of anilines is 2. The first kappa shape index (κ1) is 13.1. The lowest BCUT2D eigenvalue weighted by molar-refractivity contribution is 0.411. The molecule has 2 atom stereocenters. The summed E-state index contributed by atoms with van der Waals surface area (Å²) >= 11 is 0. The molecule has 1 aliphatic heterocycles. The predicted molar refractivity (Wildman–Crippen MR) is 82.2 cm³/mol. The number of nitrogens with zero attached hydrogens (tertiary/aromatic N) is 2. The van der Waals surface area contributed by atoms with Gasteiger partial charge in [0.05, 0.1) is 17.6 Å². The molecule has 1 aromatic carbocycles. The first-order valence-corrected chi connectivity index (χ1v) is 7.04. The van der Waals surface area contributed by atoms with E-state index in [1.807, 2.05) is 19.1 Å². The molecule has 4 nitrogen and oxygen atoms in total. The number of benzene rings is 1. The van der Waals surface area contributed by atoms with Crippen LogP contribution in [-0.2, 0) is 0 Å². The lowest BCUT2D eigenvalue weighted by Gasteiger charge is -2.42. The van der Waals surface area contributed by atoms with Gasteiger partial charge in [0.2, 0.25) is 0 Å². The Labute approximate surface area is 119 Å². The van der Waals surface area contributed by atoms with Gasteiger partial charge in [0.15, 0.2) is 0 Å². The highest BCUT2D eigenvalue weighted by atomic mass is 16.3. The van der Waals surface area contributed by atoms with Gasteiger partial charge in [-0.25, -0.2) is 0 Å². The van der Waals surface area contributed by atoms with Crippen molar-refractivity contribution in [2.24, 2.45) is 5.73 Å². The SMILES string of the molecule is CC(N)C(c1ccco1)N1CCN(C)c2ccccc21. The van der Waals surface area contributed by atoms with E-state index < -0.39 is 0 Å². The van der Waals surface area contributed by atoms with Crippen molar-refractivity contribution in [1.29, 1.82) is 0 Å². The van der Waals surface area contributed by atoms with Crippen molar-refractivity contribution in [3.05, 3.63) is 48.4 Å². The molecule has 1 aromatic heterocycles. The van der Waals surface area contributed by atoms with Crippen LogP contribution in [0.2, 0.25) is 0 Å². The fourth-order valence-electron chi connectivity index (χ4n) is 2.97. The van der Waals surface area contributed by atoms with Crippen LogP contribution in [0.1, 0.15) is 18.7 Å². The third kappa shape index (κ3) is 2.16. The molecule has 0 aliphatic carbocycles. The van der Waals surface area contributed by atoms with Crippen LogP contribution in [0.5, 0.6) is 0 Å². The lowest BCUT2D eigenvalue weighted by atomic mass is 10.0. The molecule has 4 heteroatoms. The van der Waals surface area contributed by atoms with Crippen molar-refractivity contribution in [2.45, 2.75) is 19.0 Å². The average molecular weight is 271 g/mol. The van der Waals surface area contributed by atoms with Gasteiger partial charge in [0.25, 0.3) is 0 Å². The Morgan fingerprint density at radius 1 is 1.10 bits per heavy atom. The van der Waals surface area contributed by atoms with Crippen molar-refractivity contribution in [2.75, 3.05) is 29.9 Å². The van der Waals surface area contributed by atoms with E-state index in [1.54, 1.807) is 6.26 Å². The molecule has 0 spiro atoms. The molecule has 1 aliphatic rings. The topological polar surface area (TPSA) is 45.6 Å². The summed E-state index contributed by atoms with van der Waals surface area (Å²) < 4.78 is 5.62. The monoisotopic (exact) mass is 271 g/mol. The average Bonchev–Trinajstić information content (AvgIpc) is 2.95. The molecule has 2 unspecified atom stereocenters. The van der Waals surface area contributed by atoms with Crippen LogP contribution in [0.3, 0.4) is 0 Å². The summed E-state index contributed by atoms with van der Waals surface area (Å²) in [6, 6.07) is 12.5. The minimum absolute atomic E-state index is 0.00221. The zero-order valence-corrected chi connectivity index (χ0v) is 12.0. The van der Waals surface area contributed by atoms with Gasteiger partial charge in [-0.1, -0.05) is 12.1 Å². The first-order valence-electron chi connectivity index (χ1n) is 7.04. The molecule has 0 saturated carbocycles. The largest absolute Gasteiger partial charge is 0.467 e. The minimum Gasteiger partial charge on any atom is -0.467 e. The third-order valence-corrected chi connectivity index (χ3v) is 3.95. The standard InChI is InChI=1S/C16H21N3O/c1-12(17)16(15-8-5-11-20-15)19-10-9-18(2)13-6-3-4-7-14(13)19/h3-8,11-12,16H,9-10,17H2,1-2H3. The third-order valence-electron chi connectivity index (χ3n) is 3.95. The number of nitrogens with two attached hydrogens (primary N) is 1. The molecule has 0 amide bonds. The van der Waals surface area contributed by atoms with Crippen LogP contribution in [-0.4, -0.2) is 26.2 Å². The zero-order valence-electron chi connectivity index (χ0n) is 12.0. The minimum atomic E-state index is -0.00221. The Morgan fingerprint density at radius 2 is 1.85 bits per heavy atom. The number of para-hydroxylation sites is 2. The van der Waals surface area contributed by atoms with E-state index in [9.17, 15) is 0 Å². The van der Waals surface area contributed by atoms with E-state index in [4.69, 9.17) is 10.2 Å². The Balaban J connectivity index is 2.03. The van der Waals surface area contributed by atoms with E-state index >= 15 is 0 Å². The molecule has 2 N–H and O–H groups in total. The van der Waals surface area contributed by atoms with Crippen molar-refractivity contribution in [1.82, 2.24) is 0 Å².